The molecule has 0 spiro atoms. The molecule has 5 atom stereocenters. The van der Waals surface area contributed by atoms with Crippen molar-refractivity contribution in [2.24, 2.45) is 17.3 Å². The number of carbonyl (C=O) groups excluding carboxylic acids is 1. The maximum atomic E-state index is 12.2. The highest BCUT2D eigenvalue weighted by molar-refractivity contribution is 6.74. The van der Waals surface area contributed by atoms with Crippen molar-refractivity contribution < 1.29 is 23.4 Å². The first-order valence-electron chi connectivity index (χ1n) is 12.6. The zero-order chi connectivity index (χ0) is 26.0. The van der Waals surface area contributed by atoms with Crippen molar-refractivity contribution in [1.29, 1.82) is 0 Å². The van der Waals surface area contributed by atoms with Crippen molar-refractivity contribution in [3.05, 3.63) is 12.2 Å². The van der Waals surface area contributed by atoms with Crippen LogP contribution in [0.4, 0.5) is 0 Å². The normalized spacial score (nSPS) is 18.1. The summed E-state index contributed by atoms with van der Waals surface area (Å²) in [6.07, 6.45) is 6.85. The summed E-state index contributed by atoms with van der Waals surface area (Å²) < 4.78 is 24.3. The third-order valence-corrected chi connectivity index (χ3v) is 11.5. The topological polar surface area (TPSA) is 54.0 Å². The largest absolute Gasteiger partial charge is 0.465 e. The van der Waals surface area contributed by atoms with Gasteiger partial charge in [-0.3, -0.25) is 4.79 Å². The van der Waals surface area contributed by atoms with Crippen LogP contribution in [0.15, 0.2) is 12.2 Å². The number of methoxy groups -OCH3 is 2. The van der Waals surface area contributed by atoms with Crippen LogP contribution >= 0.6 is 0 Å². The molecule has 0 heterocycles. The van der Waals surface area contributed by atoms with Gasteiger partial charge in [0.1, 0.15) is 0 Å². The lowest BCUT2D eigenvalue weighted by Gasteiger charge is -2.43. The Labute approximate surface area is 206 Å². The van der Waals surface area contributed by atoms with Gasteiger partial charge >= 0.3 is 5.97 Å². The second-order valence-corrected chi connectivity index (χ2v) is 16.7. The van der Waals surface area contributed by atoms with E-state index in [-0.39, 0.29) is 35.2 Å². The molecule has 0 saturated heterocycles. The summed E-state index contributed by atoms with van der Waals surface area (Å²) in [5.74, 6) is 0.230. The Morgan fingerprint density at radius 3 is 1.91 bits per heavy atom. The summed E-state index contributed by atoms with van der Waals surface area (Å²) in [6.45, 7) is 23.9. The second-order valence-electron chi connectivity index (χ2n) is 11.9. The van der Waals surface area contributed by atoms with E-state index in [0.717, 1.165) is 12.8 Å². The van der Waals surface area contributed by atoms with E-state index in [1.165, 1.54) is 0 Å². The van der Waals surface area contributed by atoms with Gasteiger partial charge in [-0.15, -0.1) is 0 Å². The summed E-state index contributed by atoms with van der Waals surface area (Å²) in [4.78, 5) is 12.2. The average Bonchev–Trinajstić information content (AvgIpc) is 2.70. The molecule has 196 valence electrons. The Kier molecular flexibility index (Phi) is 13.7. The van der Waals surface area contributed by atoms with Crippen LogP contribution < -0.4 is 0 Å². The molecule has 0 rings (SSSR count). The molecule has 0 amide bonds. The van der Waals surface area contributed by atoms with Crippen molar-refractivity contribution >= 4 is 14.3 Å². The molecule has 0 bridgehead atoms. The van der Waals surface area contributed by atoms with Crippen LogP contribution in [-0.2, 0) is 23.4 Å². The van der Waals surface area contributed by atoms with E-state index in [9.17, 15) is 4.79 Å². The average molecular weight is 487 g/mol. The van der Waals surface area contributed by atoms with Crippen molar-refractivity contribution in [2.45, 2.75) is 118 Å². The van der Waals surface area contributed by atoms with Gasteiger partial charge in [0.15, 0.2) is 8.32 Å². The number of carbonyl (C=O) groups is 1. The molecule has 0 aliphatic carbocycles. The van der Waals surface area contributed by atoms with Crippen LogP contribution in [0, 0.1) is 17.3 Å². The number of hydrogen-bond donors (Lipinski definition) is 0. The highest BCUT2D eigenvalue weighted by Gasteiger charge is 2.42. The van der Waals surface area contributed by atoms with E-state index in [4.69, 9.17) is 18.6 Å². The fourth-order valence-electron chi connectivity index (χ4n) is 3.47. The Bertz CT molecular complexity index is 588. The van der Waals surface area contributed by atoms with Crippen molar-refractivity contribution in [3.63, 3.8) is 0 Å². The number of ether oxygens (including phenoxy) is 3. The molecule has 0 saturated carbocycles. The minimum Gasteiger partial charge on any atom is -0.465 e. The Balaban J connectivity index is 5.64. The van der Waals surface area contributed by atoms with Gasteiger partial charge in [0.25, 0.3) is 0 Å². The van der Waals surface area contributed by atoms with E-state index in [1.807, 2.05) is 20.8 Å². The molecule has 0 N–H and O–H groups in total. The fourth-order valence-corrected chi connectivity index (χ4v) is 4.89. The first-order valence-corrected chi connectivity index (χ1v) is 15.5. The summed E-state index contributed by atoms with van der Waals surface area (Å²) in [7, 11) is 1.50. The number of allylic oxidation sites excluding steroid dienone is 1. The van der Waals surface area contributed by atoms with E-state index in [2.05, 4.69) is 66.8 Å². The summed E-state index contributed by atoms with van der Waals surface area (Å²) in [5, 5.41) is 0.103. The van der Waals surface area contributed by atoms with Crippen LogP contribution in [0.2, 0.25) is 18.1 Å². The molecular weight excluding hydrogens is 432 g/mol. The van der Waals surface area contributed by atoms with E-state index < -0.39 is 13.7 Å². The molecule has 0 aromatic rings. The van der Waals surface area contributed by atoms with Gasteiger partial charge in [-0.25, -0.2) is 0 Å². The van der Waals surface area contributed by atoms with Crippen molar-refractivity contribution in [2.75, 3.05) is 20.8 Å². The minimum atomic E-state index is -2.02. The zero-order valence-corrected chi connectivity index (χ0v) is 24.9. The Hall–Kier alpha value is -0.693. The van der Waals surface area contributed by atoms with Gasteiger partial charge in [-0.05, 0) is 51.7 Å². The SMILES string of the molecule is CC/C=C/[C@H](C)[C@@H](C[C@@H](O[Si](C)(C)C(C)(C)C)[C@@H](C)[C@@H](CCOC(=O)C(C)(C)C)OC)OC. The highest BCUT2D eigenvalue weighted by atomic mass is 28.4. The molecule has 0 radical (unpaired) electrons. The van der Waals surface area contributed by atoms with Crippen LogP contribution in [0.5, 0.6) is 0 Å². The predicted molar refractivity (Wildman–Crippen MR) is 141 cm³/mol. The summed E-state index contributed by atoms with van der Waals surface area (Å²) in [6, 6.07) is 0. The Morgan fingerprint density at radius 1 is 0.939 bits per heavy atom. The monoisotopic (exact) mass is 486 g/mol. The molecule has 0 aromatic carbocycles. The van der Waals surface area contributed by atoms with Crippen LogP contribution in [0.1, 0.15) is 81.6 Å². The van der Waals surface area contributed by atoms with Crippen LogP contribution in [0.3, 0.4) is 0 Å². The van der Waals surface area contributed by atoms with Gasteiger partial charge in [0.05, 0.1) is 30.3 Å². The number of esters is 1. The molecule has 0 unspecified atom stereocenters. The molecule has 0 aliphatic rings. The van der Waals surface area contributed by atoms with Gasteiger partial charge in [-0.1, -0.05) is 53.7 Å². The van der Waals surface area contributed by atoms with Gasteiger partial charge in [0.2, 0.25) is 0 Å². The first kappa shape index (κ1) is 32.3. The molecule has 6 heteroatoms. The molecule has 0 fully saturated rings. The number of hydrogen-bond acceptors (Lipinski definition) is 5. The molecular formula is C27H54O5Si. The fraction of sp³-hybridized carbons (Fsp3) is 0.889. The van der Waals surface area contributed by atoms with E-state index in [1.54, 1.807) is 14.2 Å². The third kappa shape index (κ3) is 11.1. The summed E-state index contributed by atoms with van der Waals surface area (Å²) in [5.41, 5.74) is -0.504. The second kappa shape index (κ2) is 14.0. The summed E-state index contributed by atoms with van der Waals surface area (Å²) >= 11 is 0. The smallest absolute Gasteiger partial charge is 0.311 e. The van der Waals surface area contributed by atoms with Gasteiger partial charge < -0.3 is 18.6 Å². The molecule has 0 aliphatic heterocycles. The lowest BCUT2D eigenvalue weighted by Crippen LogP contribution is -2.48. The number of rotatable bonds is 14. The van der Waals surface area contributed by atoms with Gasteiger partial charge in [0, 0.05) is 32.5 Å². The van der Waals surface area contributed by atoms with Crippen LogP contribution in [-0.4, -0.2) is 53.4 Å². The molecule has 5 nitrogen and oxygen atoms in total. The molecule has 33 heavy (non-hydrogen) atoms. The lowest BCUT2D eigenvalue weighted by atomic mass is 9.88. The quantitative estimate of drug-likeness (QED) is 0.150. The molecule has 0 aromatic heterocycles. The maximum absolute atomic E-state index is 12.2. The lowest BCUT2D eigenvalue weighted by molar-refractivity contribution is -0.154. The van der Waals surface area contributed by atoms with E-state index >= 15 is 0 Å². The standard InChI is InChI=1S/C27H54O5Si/c1-14-15-16-20(2)23(30-11)19-24(32-33(12,13)27(7,8)9)21(3)22(29-10)17-18-31-25(28)26(4,5)6/h15-16,20-24H,14,17-19H2,1-13H3/b16-15+/t20-,21-,22+,23+,24+/m0/s1. The van der Waals surface area contributed by atoms with Crippen LogP contribution in [0.25, 0.3) is 0 Å². The predicted octanol–water partition coefficient (Wildman–Crippen LogP) is 7.01. The highest BCUT2D eigenvalue weighted by Crippen LogP contribution is 2.39. The van der Waals surface area contributed by atoms with Crippen molar-refractivity contribution in [3.8, 4) is 0 Å². The maximum Gasteiger partial charge on any atom is 0.311 e. The zero-order valence-electron chi connectivity index (χ0n) is 23.9. The Morgan fingerprint density at radius 2 is 1.48 bits per heavy atom. The third-order valence-electron chi connectivity index (χ3n) is 7.00. The van der Waals surface area contributed by atoms with E-state index in [0.29, 0.717) is 18.9 Å². The van der Waals surface area contributed by atoms with Crippen molar-refractivity contribution in [1.82, 2.24) is 0 Å². The van der Waals surface area contributed by atoms with Gasteiger partial charge in [-0.2, -0.15) is 0 Å². The minimum absolute atomic E-state index is 0.0171. The first-order chi connectivity index (χ1) is 15.0.